The Hall–Kier alpha value is -2.15. The number of hydrogen-bond acceptors (Lipinski definition) is 6. The molecule has 4 heterocycles. The summed E-state index contributed by atoms with van der Waals surface area (Å²) < 4.78 is 16.6. The number of rotatable bonds is 2. The van der Waals surface area contributed by atoms with Crippen LogP contribution in [0.15, 0.2) is 27.2 Å². The molecule has 2 fully saturated rings. The number of furan rings is 1. The van der Waals surface area contributed by atoms with Gasteiger partial charge in [0.05, 0.1) is 24.3 Å². The number of nitrogens with zero attached hydrogens (tertiary/aromatic N) is 3. The summed E-state index contributed by atoms with van der Waals surface area (Å²) in [4.78, 5) is 14.5. The summed E-state index contributed by atoms with van der Waals surface area (Å²) in [6.07, 6.45) is 3.18. The third-order valence-corrected chi connectivity index (χ3v) is 4.39. The highest BCUT2D eigenvalue weighted by atomic mass is 16.5. The number of aryl methyl sites for hydroxylation is 1. The number of piperidine rings is 1. The standard InChI is InChI=1S/C15H17N3O4/c1-9-16-17-14(22-9)10-7-13-11(4-6-21-13)18(8-10)15(19)12-3-2-5-20-12/h2-3,5,10-11,13H,4,6-8H2,1H3/t10-,11+,13+/m0/s1. The van der Waals surface area contributed by atoms with Gasteiger partial charge in [0, 0.05) is 20.1 Å². The number of aromatic nitrogens is 2. The minimum Gasteiger partial charge on any atom is -0.459 e. The first kappa shape index (κ1) is 13.5. The summed E-state index contributed by atoms with van der Waals surface area (Å²) in [7, 11) is 0. The summed E-state index contributed by atoms with van der Waals surface area (Å²) in [5, 5.41) is 7.99. The zero-order valence-corrected chi connectivity index (χ0v) is 12.3. The van der Waals surface area contributed by atoms with Crippen LogP contribution in [0.1, 0.15) is 41.1 Å². The van der Waals surface area contributed by atoms with E-state index in [9.17, 15) is 4.79 Å². The Kier molecular flexibility index (Phi) is 3.22. The van der Waals surface area contributed by atoms with Crippen LogP contribution in [0.2, 0.25) is 0 Å². The van der Waals surface area contributed by atoms with Crippen molar-refractivity contribution < 1.29 is 18.4 Å². The highest BCUT2D eigenvalue weighted by molar-refractivity contribution is 5.91. The molecule has 116 valence electrons. The van der Waals surface area contributed by atoms with Crippen molar-refractivity contribution in [2.75, 3.05) is 13.2 Å². The van der Waals surface area contributed by atoms with Gasteiger partial charge in [-0.2, -0.15) is 0 Å². The molecule has 0 radical (unpaired) electrons. The van der Waals surface area contributed by atoms with Crippen LogP contribution < -0.4 is 0 Å². The summed E-state index contributed by atoms with van der Waals surface area (Å²) in [5.74, 6) is 1.36. The van der Waals surface area contributed by atoms with Crippen LogP contribution >= 0.6 is 0 Å². The fourth-order valence-corrected chi connectivity index (χ4v) is 3.38. The predicted molar refractivity (Wildman–Crippen MR) is 74.3 cm³/mol. The third kappa shape index (κ3) is 2.21. The second kappa shape index (κ2) is 5.24. The van der Waals surface area contributed by atoms with Crippen LogP contribution in [-0.2, 0) is 4.74 Å². The molecule has 2 aromatic heterocycles. The van der Waals surface area contributed by atoms with Crippen molar-refractivity contribution >= 4 is 5.91 Å². The normalized spacial score (nSPS) is 27.9. The molecule has 0 N–H and O–H groups in total. The number of likely N-dealkylation sites (tertiary alicyclic amines) is 1. The van der Waals surface area contributed by atoms with E-state index in [0.717, 1.165) is 12.8 Å². The number of hydrogen-bond donors (Lipinski definition) is 0. The van der Waals surface area contributed by atoms with Gasteiger partial charge in [-0.25, -0.2) is 0 Å². The Morgan fingerprint density at radius 2 is 2.32 bits per heavy atom. The highest BCUT2D eigenvalue weighted by Crippen LogP contribution is 2.36. The molecule has 0 bridgehead atoms. The van der Waals surface area contributed by atoms with Gasteiger partial charge in [0.25, 0.3) is 5.91 Å². The molecule has 2 saturated heterocycles. The molecule has 0 unspecified atom stereocenters. The lowest BCUT2D eigenvalue weighted by atomic mass is 9.89. The molecule has 2 aliphatic rings. The van der Waals surface area contributed by atoms with Gasteiger partial charge in [-0.1, -0.05) is 0 Å². The maximum atomic E-state index is 12.7. The Bertz CT molecular complexity index is 666. The van der Waals surface area contributed by atoms with E-state index in [1.54, 1.807) is 19.1 Å². The summed E-state index contributed by atoms with van der Waals surface area (Å²) in [6.45, 7) is 2.98. The molecule has 0 spiro atoms. The van der Waals surface area contributed by atoms with E-state index >= 15 is 0 Å². The molecule has 0 aromatic carbocycles. The van der Waals surface area contributed by atoms with Gasteiger partial charge in [-0.05, 0) is 25.0 Å². The van der Waals surface area contributed by atoms with Gasteiger partial charge < -0.3 is 18.5 Å². The molecule has 0 aliphatic carbocycles. The molecule has 3 atom stereocenters. The highest BCUT2D eigenvalue weighted by Gasteiger charge is 2.44. The van der Waals surface area contributed by atoms with Crippen LogP contribution in [0.25, 0.3) is 0 Å². The van der Waals surface area contributed by atoms with Gasteiger partial charge in [-0.3, -0.25) is 4.79 Å². The number of fused-ring (bicyclic) bond motifs is 1. The van der Waals surface area contributed by atoms with Gasteiger partial charge in [0.1, 0.15) is 0 Å². The van der Waals surface area contributed by atoms with E-state index in [-0.39, 0.29) is 24.0 Å². The lowest BCUT2D eigenvalue weighted by Crippen LogP contribution is -2.51. The van der Waals surface area contributed by atoms with Crippen molar-refractivity contribution in [3.8, 4) is 0 Å². The number of carbonyl (C=O) groups excluding carboxylic acids is 1. The maximum Gasteiger partial charge on any atom is 0.289 e. The topological polar surface area (TPSA) is 81.6 Å². The lowest BCUT2D eigenvalue weighted by molar-refractivity contribution is 0.0114. The van der Waals surface area contributed by atoms with Crippen molar-refractivity contribution in [2.24, 2.45) is 0 Å². The first-order chi connectivity index (χ1) is 10.7. The molecular formula is C15H17N3O4. The van der Waals surface area contributed by atoms with Crippen molar-refractivity contribution in [1.82, 2.24) is 15.1 Å². The van der Waals surface area contributed by atoms with Crippen molar-refractivity contribution in [1.29, 1.82) is 0 Å². The van der Waals surface area contributed by atoms with Crippen LogP contribution in [0.3, 0.4) is 0 Å². The molecule has 7 nitrogen and oxygen atoms in total. The molecule has 1 amide bonds. The van der Waals surface area contributed by atoms with E-state index in [2.05, 4.69) is 10.2 Å². The zero-order chi connectivity index (χ0) is 15.1. The maximum absolute atomic E-state index is 12.7. The SMILES string of the molecule is Cc1nnc([C@H]2C[C@H]3OCC[C@H]3N(C(=O)c3ccco3)C2)o1. The monoisotopic (exact) mass is 303 g/mol. The largest absolute Gasteiger partial charge is 0.459 e. The number of carbonyl (C=O) groups is 1. The Balaban J connectivity index is 1.62. The van der Waals surface area contributed by atoms with Crippen LogP contribution in [0.5, 0.6) is 0 Å². The van der Waals surface area contributed by atoms with Crippen molar-refractivity contribution in [2.45, 2.75) is 37.8 Å². The number of amides is 1. The molecule has 2 aromatic rings. The summed E-state index contributed by atoms with van der Waals surface area (Å²) in [6, 6.07) is 3.50. The van der Waals surface area contributed by atoms with Crippen molar-refractivity contribution in [3.05, 3.63) is 35.9 Å². The van der Waals surface area contributed by atoms with E-state index in [1.807, 2.05) is 4.90 Å². The summed E-state index contributed by atoms with van der Waals surface area (Å²) in [5.41, 5.74) is 0. The average molecular weight is 303 g/mol. The fraction of sp³-hybridized carbons (Fsp3) is 0.533. The number of ether oxygens (including phenoxy) is 1. The predicted octanol–water partition coefficient (Wildman–Crippen LogP) is 1.76. The van der Waals surface area contributed by atoms with E-state index in [1.165, 1.54) is 6.26 Å². The van der Waals surface area contributed by atoms with Crippen molar-refractivity contribution in [3.63, 3.8) is 0 Å². The van der Waals surface area contributed by atoms with Gasteiger partial charge in [0.2, 0.25) is 11.8 Å². The lowest BCUT2D eigenvalue weighted by Gasteiger charge is -2.39. The minimum absolute atomic E-state index is 0.000498. The van der Waals surface area contributed by atoms with E-state index in [4.69, 9.17) is 13.6 Å². The molecule has 2 aliphatic heterocycles. The Labute approximate surface area is 127 Å². The quantitative estimate of drug-likeness (QED) is 0.841. The van der Waals surface area contributed by atoms with Crippen LogP contribution in [0.4, 0.5) is 0 Å². The van der Waals surface area contributed by atoms with E-state index in [0.29, 0.717) is 30.7 Å². The zero-order valence-electron chi connectivity index (χ0n) is 12.3. The van der Waals surface area contributed by atoms with Gasteiger partial charge >= 0.3 is 0 Å². The first-order valence-corrected chi connectivity index (χ1v) is 7.48. The summed E-state index contributed by atoms with van der Waals surface area (Å²) >= 11 is 0. The Morgan fingerprint density at radius 1 is 1.41 bits per heavy atom. The second-order valence-electron chi connectivity index (χ2n) is 5.79. The molecule has 22 heavy (non-hydrogen) atoms. The second-order valence-corrected chi connectivity index (χ2v) is 5.79. The van der Waals surface area contributed by atoms with Gasteiger partial charge in [0.15, 0.2) is 5.76 Å². The molecule has 0 saturated carbocycles. The minimum atomic E-state index is -0.105. The third-order valence-electron chi connectivity index (χ3n) is 4.39. The molecule has 7 heteroatoms. The smallest absolute Gasteiger partial charge is 0.289 e. The van der Waals surface area contributed by atoms with Crippen LogP contribution in [-0.4, -0.2) is 46.3 Å². The van der Waals surface area contributed by atoms with Gasteiger partial charge in [-0.15, -0.1) is 10.2 Å². The molecule has 4 rings (SSSR count). The molecular weight excluding hydrogens is 286 g/mol. The van der Waals surface area contributed by atoms with Crippen LogP contribution in [0, 0.1) is 6.92 Å². The Morgan fingerprint density at radius 3 is 3.05 bits per heavy atom. The fourth-order valence-electron chi connectivity index (χ4n) is 3.38. The average Bonchev–Trinajstić information content (AvgIpc) is 3.26. The van der Waals surface area contributed by atoms with E-state index < -0.39 is 0 Å². The first-order valence-electron chi connectivity index (χ1n) is 7.48.